The lowest BCUT2D eigenvalue weighted by molar-refractivity contribution is 0.0595. The number of nitrogens with zero attached hydrogens (tertiary/aromatic N) is 1. The summed E-state index contributed by atoms with van der Waals surface area (Å²) in [6.45, 7) is 1.79. The molecule has 0 rings (SSSR count). The van der Waals surface area contributed by atoms with Gasteiger partial charge in [-0.15, -0.1) is 0 Å². The smallest absolute Gasteiger partial charge is 0.0785 e. The van der Waals surface area contributed by atoms with Gasteiger partial charge in [0.1, 0.15) is 0 Å². The van der Waals surface area contributed by atoms with Crippen molar-refractivity contribution in [1.29, 1.82) is 5.26 Å². The summed E-state index contributed by atoms with van der Waals surface area (Å²) < 4.78 is 4.75. The van der Waals surface area contributed by atoms with Crippen molar-refractivity contribution in [3.05, 3.63) is 0 Å². The highest BCUT2D eigenvalue weighted by Gasteiger charge is 2.01. The van der Waals surface area contributed by atoms with Crippen molar-refractivity contribution in [3.63, 3.8) is 0 Å². The molecule has 0 fully saturated rings. The van der Waals surface area contributed by atoms with Gasteiger partial charge in [-0.1, -0.05) is 0 Å². The van der Waals surface area contributed by atoms with Gasteiger partial charge in [0.25, 0.3) is 0 Å². The van der Waals surface area contributed by atoms with Crippen molar-refractivity contribution < 1.29 is 9.84 Å². The second-order valence-electron chi connectivity index (χ2n) is 2.56. The fourth-order valence-electron chi connectivity index (χ4n) is 0.814. The summed E-state index contributed by atoms with van der Waals surface area (Å²) in [7, 11) is 1.56. The third-order valence-electron chi connectivity index (χ3n) is 1.43. The van der Waals surface area contributed by atoms with Crippen LogP contribution in [0.15, 0.2) is 0 Å². The van der Waals surface area contributed by atoms with Gasteiger partial charge in [0.05, 0.1) is 18.8 Å². The summed E-state index contributed by atoms with van der Waals surface area (Å²) in [6.07, 6.45) is 0.782. The van der Waals surface area contributed by atoms with Gasteiger partial charge >= 0.3 is 0 Å². The molecule has 1 atom stereocenters. The van der Waals surface area contributed by atoms with Crippen LogP contribution in [-0.2, 0) is 4.74 Å². The van der Waals surface area contributed by atoms with Gasteiger partial charge in [-0.3, -0.25) is 0 Å². The highest BCUT2D eigenvalue weighted by Crippen LogP contribution is 1.89. The van der Waals surface area contributed by atoms with E-state index in [0.29, 0.717) is 26.0 Å². The molecule has 0 spiro atoms. The van der Waals surface area contributed by atoms with Gasteiger partial charge in [0.15, 0.2) is 0 Å². The van der Waals surface area contributed by atoms with Crippen LogP contribution in [0.3, 0.4) is 0 Å². The number of ether oxygens (including phenoxy) is 1. The number of hydrogen-bond acceptors (Lipinski definition) is 4. The molecule has 0 aliphatic rings. The minimum absolute atomic E-state index is 0.375. The molecule has 0 saturated carbocycles. The Hall–Kier alpha value is -0.630. The van der Waals surface area contributed by atoms with Crippen LogP contribution in [0.5, 0.6) is 0 Å². The molecule has 4 heteroatoms. The quantitative estimate of drug-likeness (QED) is 0.526. The van der Waals surface area contributed by atoms with E-state index in [-0.39, 0.29) is 0 Å². The fourth-order valence-corrected chi connectivity index (χ4v) is 0.814. The zero-order chi connectivity index (χ0) is 9.23. The van der Waals surface area contributed by atoms with E-state index < -0.39 is 6.10 Å². The molecule has 2 N–H and O–H groups in total. The first-order valence-corrected chi connectivity index (χ1v) is 4.06. The van der Waals surface area contributed by atoms with Crippen LogP contribution in [0.25, 0.3) is 0 Å². The van der Waals surface area contributed by atoms with E-state index in [2.05, 4.69) is 5.32 Å². The number of nitrogens with one attached hydrogen (secondary N) is 1. The average molecular weight is 172 g/mol. The third kappa shape index (κ3) is 7.48. The lowest BCUT2D eigenvalue weighted by atomic mass is 10.2. The molecule has 70 valence electrons. The van der Waals surface area contributed by atoms with E-state index in [1.165, 1.54) is 0 Å². The lowest BCUT2D eigenvalue weighted by Gasteiger charge is -2.08. The molecule has 0 radical (unpaired) electrons. The standard InChI is InChI=1S/C8H16N2O2/c1-12-7-8(11)3-6-10-5-2-4-9/h8,10-11H,2-3,5-7H2,1H3. The summed E-state index contributed by atoms with van der Waals surface area (Å²) in [5.74, 6) is 0. The Kier molecular flexibility index (Phi) is 8.02. The van der Waals surface area contributed by atoms with E-state index in [4.69, 9.17) is 10.00 Å². The van der Waals surface area contributed by atoms with E-state index in [1.807, 2.05) is 6.07 Å². The van der Waals surface area contributed by atoms with Gasteiger partial charge in [-0.2, -0.15) is 5.26 Å². The van der Waals surface area contributed by atoms with Crippen LogP contribution in [0.4, 0.5) is 0 Å². The lowest BCUT2D eigenvalue weighted by Crippen LogP contribution is -2.23. The Labute approximate surface area is 73.1 Å². The number of nitriles is 1. The number of aliphatic hydroxyl groups excluding tert-OH is 1. The molecule has 0 aromatic rings. The Bertz CT molecular complexity index is 134. The number of methoxy groups -OCH3 is 1. The topological polar surface area (TPSA) is 65.3 Å². The molecule has 0 saturated heterocycles. The zero-order valence-electron chi connectivity index (χ0n) is 7.42. The van der Waals surface area contributed by atoms with Crippen molar-refractivity contribution in [3.8, 4) is 6.07 Å². The highest BCUT2D eigenvalue weighted by molar-refractivity contribution is 4.70. The second kappa shape index (κ2) is 8.47. The van der Waals surface area contributed by atoms with Gasteiger partial charge in [0, 0.05) is 20.1 Å². The molecular weight excluding hydrogens is 156 g/mol. The van der Waals surface area contributed by atoms with Crippen LogP contribution in [0, 0.1) is 11.3 Å². The van der Waals surface area contributed by atoms with E-state index in [9.17, 15) is 5.11 Å². The second-order valence-corrected chi connectivity index (χ2v) is 2.56. The maximum Gasteiger partial charge on any atom is 0.0785 e. The van der Waals surface area contributed by atoms with Gasteiger partial charge in [-0.25, -0.2) is 0 Å². The summed E-state index contributed by atoms with van der Waals surface area (Å²) in [4.78, 5) is 0. The molecule has 4 nitrogen and oxygen atoms in total. The monoisotopic (exact) mass is 172 g/mol. The number of aliphatic hydroxyl groups is 1. The number of rotatable bonds is 7. The SMILES string of the molecule is COCC(O)CCNCCC#N. The molecule has 0 aromatic heterocycles. The summed E-state index contributed by atoms with van der Waals surface area (Å²) >= 11 is 0. The predicted octanol–water partition coefficient (Wildman–Crippen LogP) is -0.113. The van der Waals surface area contributed by atoms with Gasteiger partial charge in [0.2, 0.25) is 0 Å². The molecule has 1 unspecified atom stereocenters. The fraction of sp³-hybridized carbons (Fsp3) is 0.875. The summed E-state index contributed by atoms with van der Waals surface area (Å²) in [5.41, 5.74) is 0. The highest BCUT2D eigenvalue weighted by atomic mass is 16.5. The zero-order valence-corrected chi connectivity index (χ0v) is 7.42. The van der Waals surface area contributed by atoms with Crippen molar-refractivity contribution in [2.75, 3.05) is 26.8 Å². The van der Waals surface area contributed by atoms with Crippen LogP contribution < -0.4 is 5.32 Å². The molecule has 0 aromatic carbocycles. The Morgan fingerprint density at radius 2 is 2.33 bits per heavy atom. The first kappa shape index (κ1) is 11.4. The Balaban J connectivity index is 3.04. The largest absolute Gasteiger partial charge is 0.391 e. The first-order valence-electron chi connectivity index (χ1n) is 4.06. The van der Waals surface area contributed by atoms with Crippen molar-refractivity contribution in [2.45, 2.75) is 18.9 Å². The third-order valence-corrected chi connectivity index (χ3v) is 1.43. The van der Waals surface area contributed by atoms with Crippen LogP contribution in [0.2, 0.25) is 0 Å². The van der Waals surface area contributed by atoms with Crippen molar-refractivity contribution in [2.24, 2.45) is 0 Å². The minimum atomic E-state index is -0.399. The Morgan fingerprint density at radius 1 is 1.58 bits per heavy atom. The van der Waals surface area contributed by atoms with Crippen LogP contribution in [-0.4, -0.2) is 38.0 Å². The van der Waals surface area contributed by atoms with Crippen LogP contribution >= 0.6 is 0 Å². The average Bonchev–Trinajstić information content (AvgIpc) is 2.05. The summed E-state index contributed by atoms with van der Waals surface area (Å²) in [5, 5.41) is 20.4. The molecule has 0 heterocycles. The molecule has 0 bridgehead atoms. The predicted molar refractivity (Wildman–Crippen MR) is 45.6 cm³/mol. The van der Waals surface area contributed by atoms with Gasteiger partial charge < -0.3 is 15.2 Å². The maximum absolute atomic E-state index is 9.18. The van der Waals surface area contributed by atoms with E-state index in [1.54, 1.807) is 7.11 Å². The Morgan fingerprint density at radius 3 is 2.92 bits per heavy atom. The summed E-state index contributed by atoms with van der Waals surface area (Å²) in [6, 6.07) is 2.03. The van der Waals surface area contributed by atoms with E-state index >= 15 is 0 Å². The van der Waals surface area contributed by atoms with Crippen molar-refractivity contribution in [1.82, 2.24) is 5.32 Å². The van der Waals surface area contributed by atoms with Crippen molar-refractivity contribution >= 4 is 0 Å². The molecular formula is C8H16N2O2. The molecule has 12 heavy (non-hydrogen) atoms. The number of hydrogen-bond donors (Lipinski definition) is 2. The maximum atomic E-state index is 9.18. The first-order chi connectivity index (χ1) is 5.81. The molecule has 0 aliphatic carbocycles. The minimum Gasteiger partial charge on any atom is -0.391 e. The molecule has 0 aliphatic heterocycles. The normalized spacial score (nSPS) is 12.4. The van der Waals surface area contributed by atoms with Crippen LogP contribution in [0.1, 0.15) is 12.8 Å². The molecule has 0 amide bonds. The van der Waals surface area contributed by atoms with E-state index in [0.717, 1.165) is 6.54 Å². The van der Waals surface area contributed by atoms with Gasteiger partial charge in [-0.05, 0) is 13.0 Å².